The number of nitrogens with one attached hydrogen (secondary N) is 1. The van der Waals surface area contributed by atoms with Gasteiger partial charge in [0.25, 0.3) is 0 Å². The number of hydrogen-bond donors (Lipinski definition) is 1. The molecule has 0 saturated carbocycles. The van der Waals surface area contributed by atoms with Crippen LogP contribution in [0.5, 0.6) is 5.75 Å². The molecule has 1 aromatic carbocycles. The first-order valence-electron chi connectivity index (χ1n) is 5.48. The van der Waals surface area contributed by atoms with E-state index in [9.17, 15) is 4.79 Å². The smallest absolute Gasteiger partial charge is 0.355 e. The van der Waals surface area contributed by atoms with E-state index in [1.165, 1.54) is 0 Å². The van der Waals surface area contributed by atoms with Crippen LogP contribution in [0.1, 0.15) is 24.3 Å². The van der Waals surface area contributed by atoms with Crippen LogP contribution in [-0.2, 0) is 4.74 Å². The van der Waals surface area contributed by atoms with Crippen LogP contribution in [0.15, 0.2) is 24.3 Å². The average Bonchev–Trinajstić information content (AvgIpc) is 2.70. The molecule has 0 spiro atoms. The van der Waals surface area contributed by atoms with Gasteiger partial charge in [0, 0.05) is 10.9 Å². The number of aromatic amines is 1. The van der Waals surface area contributed by atoms with Gasteiger partial charge in [0.15, 0.2) is 0 Å². The molecule has 4 heteroatoms. The maximum Gasteiger partial charge on any atom is 0.355 e. The molecule has 0 aliphatic carbocycles. The van der Waals surface area contributed by atoms with Gasteiger partial charge in [-0.05, 0) is 38.1 Å². The third-order valence-electron chi connectivity index (χ3n) is 2.39. The Balaban J connectivity index is 2.34. The minimum atomic E-state index is -0.338. The fourth-order valence-electron chi connectivity index (χ4n) is 1.63. The van der Waals surface area contributed by atoms with E-state index in [2.05, 4.69) is 4.98 Å². The number of esters is 1. The molecule has 2 aromatic rings. The highest BCUT2D eigenvalue weighted by Crippen LogP contribution is 2.21. The highest BCUT2D eigenvalue weighted by molar-refractivity contribution is 5.95. The summed E-state index contributed by atoms with van der Waals surface area (Å²) < 4.78 is 10.2. The number of H-pyrrole nitrogens is 1. The number of hydrogen-bond acceptors (Lipinski definition) is 3. The van der Waals surface area contributed by atoms with Crippen molar-refractivity contribution in [2.24, 2.45) is 0 Å². The van der Waals surface area contributed by atoms with Gasteiger partial charge in [0.2, 0.25) is 0 Å². The molecule has 0 atom stereocenters. The molecule has 1 heterocycles. The molecule has 4 nitrogen and oxygen atoms in total. The number of carbonyl (C=O) groups is 1. The SMILES string of the molecule is COc1ccc2[nH]c(C(=O)OC(C)C)cc2c1. The van der Waals surface area contributed by atoms with E-state index in [-0.39, 0.29) is 12.1 Å². The summed E-state index contributed by atoms with van der Waals surface area (Å²) in [4.78, 5) is 14.7. The second kappa shape index (κ2) is 4.49. The van der Waals surface area contributed by atoms with Gasteiger partial charge in [-0.25, -0.2) is 4.79 Å². The summed E-state index contributed by atoms with van der Waals surface area (Å²) in [7, 11) is 1.61. The van der Waals surface area contributed by atoms with Gasteiger partial charge in [-0.3, -0.25) is 0 Å². The quantitative estimate of drug-likeness (QED) is 0.829. The molecule has 2 rings (SSSR count). The van der Waals surface area contributed by atoms with Gasteiger partial charge in [-0.2, -0.15) is 0 Å². The fraction of sp³-hybridized carbons (Fsp3) is 0.308. The Morgan fingerprint density at radius 2 is 2.06 bits per heavy atom. The van der Waals surface area contributed by atoms with E-state index in [1.54, 1.807) is 13.2 Å². The topological polar surface area (TPSA) is 51.3 Å². The molecule has 1 N–H and O–H groups in total. The summed E-state index contributed by atoms with van der Waals surface area (Å²) in [6, 6.07) is 7.36. The lowest BCUT2D eigenvalue weighted by atomic mass is 10.2. The van der Waals surface area contributed by atoms with Crippen molar-refractivity contribution >= 4 is 16.9 Å². The van der Waals surface area contributed by atoms with Gasteiger partial charge < -0.3 is 14.5 Å². The van der Waals surface area contributed by atoms with Gasteiger partial charge >= 0.3 is 5.97 Å². The third kappa shape index (κ3) is 2.41. The summed E-state index contributed by atoms with van der Waals surface area (Å²) in [6.07, 6.45) is -0.122. The minimum absolute atomic E-state index is 0.122. The summed E-state index contributed by atoms with van der Waals surface area (Å²) in [5.74, 6) is 0.426. The molecule has 0 fully saturated rings. The number of aromatic nitrogens is 1. The van der Waals surface area contributed by atoms with E-state index in [4.69, 9.17) is 9.47 Å². The van der Waals surface area contributed by atoms with Gasteiger partial charge in [0.1, 0.15) is 11.4 Å². The Morgan fingerprint density at radius 3 is 2.71 bits per heavy atom. The van der Waals surface area contributed by atoms with E-state index in [0.29, 0.717) is 5.69 Å². The van der Waals surface area contributed by atoms with E-state index < -0.39 is 0 Å². The predicted octanol–water partition coefficient (Wildman–Crippen LogP) is 2.74. The predicted molar refractivity (Wildman–Crippen MR) is 65.4 cm³/mol. The van der Waals surface area contributed by atoms with E-state index >= 15 is 0 Å². The molecule has 1 aromatic heterocycles. The lowest BCUT2D eigenvalue weighted by Crippen LogP contribution is -2.11. The largest absolute Gasteiger partial charge is 0.497 e. The fourth-order valence-corrected chi connectivity index (χ4v) is 1.63. The standard InChI is InChI=1S/C13H15NO3/c1-8(2)17-13(15)12-7-9-6-10(16-3)4-5-11(9)14-12/h4-8,14H,1-3H3. The first kappa shape index (κ1) is 11.5. The third-order valence-corrected chi connectivity index (χ3v) is 2.39. The Kier molecular flexibility index (Phi) is 3.04. The molecule has 17 heavy (non-hydrogen) atoms. The van der Waals surface area contributed by atoms with Crippen LogP contribution < -0.4 is 4.74 Å². The van der Waals surface area contributed by atoms with Gasteiger partial charge in [0.05, 0.1) is 13.2 Å². The van der Waals surface area contributed by atoms with Crippen molar-refractivity contribution in [3.05, 3.63) is 30.0 Å². The molecule has 0 aliphatic rings. The van der Waals surface area contributed by atoms with Crippen LogP contribution in [-0.4, -0.2) is 24.2 Å². The van der Waals surface area contributed by atoms with Crippen molar-refractivity contribution in [2.45, 2.75) is 20.0 Å². The van der Waals surface area contributed by atoms with Crippen molar-refractivity contribution < 1.29 is 14.3 Å². The maximum atomic E-state index is 11.7. The zero-order valence-electron chi connectivity index (χ0n) is 10.1. The first-order chi connectivity index (χ1) is 8.10. The first-order valence-corrected chi connectivity index (χ1v) is 5.48. The van der Waals surface area contributed by atoms with Crippen molar-refractivity contribution in [1.82, 2.24) is 4.98 Å². The number of ether oxygens (including phenoxy) is 2. The van der Waals surface area contributed by atoms with Crippen LogP contribution in [0.2, 0.25) is 0 Å². The Hall–Kier alpha value is -1.97. The molecular formula is C13H15NO3. The van der Waals surface area contributed by atoms with Crippen molar-refractivity contribution in [3.8, 4) is 5.75 Å². The van der Waals surface area contributed by atoms with Crippen LogP contribution >= 0.6 is 0 Å². The highest BCUT2D eigenvalue weighted by Gasteiger charge is 2.12. The molecule has 0 radical (unpaired) electrons. The second-order valence-corrected chi connectivity index (χ2v) is 4.09. The van der Waals surface area contributed by atoms with Crippen LogP contribution in [0.3, 0.4) is 0 Å². The average molecular weight is 233 g/mol. The number of carbonyl (C=O) groups excluding carboxylic acids is 1. The molecule has 0 bridgehead atoms. The second-order valence-electron chi connectivity index (χ2n) is 4.09. The number of benzene rings is 1. The Morgan fingerprint density at radius 1 is 1.29 bits per heavy atom. The van der Waals surface area contributed by atoms with E-state index in [1.807, 2.05) is 32.0 Å². The summed E-state index contributed by atoms with van der Waals surface area (Å²) in [5, 5.41) is 0.931. The maximum absolute atomic E-state index is 11.7. The Labute approximate surface area is 99.5 Å². The van der Waals surface area contributed by atoms with Gasteiger partial charge in [-0.1, -0.05) is 0 Å². The Bertz CT molecular complexity index is 543. The monoisotopic (exact) mass is 233 g/mol. The van der Waals surface area contributed by atoms with Crippen molar-refractivity contribution in [1.29, 1.82) is 0 Å². The van der Waals surface area contributed by atoms with Crippen LogP contribution in [0.4, 0.5) is 0 Å². The normalized spacial score (nSPS) is 10.8. The van der Waals surface area contributed by atoms with Crippen LogP contribution in [0, 0.1) is 0 Å². The lowest BCUT2D eigenvalue weighted by Gasteiger charge is -2.05. The number of fused-ring (bicyclic) bond motifs is 1. The molecule has 0 unspecified atom stereocenters. The van der Waals surface area contributed by atoms with Crippen LogP contribution in [0.25, 0.3) is 10.9 Å². The summed E-state index contributed by atoms with van der Waals surface area (Å²) >= 11 is 0. The number of rotatable bonds is 3. The summed E-state index contributed by atoms with van der Waals surface area (Å²) in [6.45, 7) is 3.65. The molecular weight excluding hydrogens is 218 g/mol. The molecule has 0 amide bonds. The number of methoxy groups -OCH3 is 1. The van der Waals surface area contributed by atoms with Crippen molar-refractivity contribution in [3.63, 3.8) is 0 Å². The molecule has 0 saturated heterocycles. The summed E-state index contributed by atoms with van der Waals surface area (Å²) in [5.41, 5.74) is 1.35. The minimum Gasteiger partial charge on any atom is -0.497 e. The van der Waals surface area contributed by atoms with Gasteiger partial charge in [-0.15, -0.1) is 0 Å². The lowest BCUT2D eigenvalue weighted by molar-refractivity contribution is 0.0372. The molecule has 0 aliphatic heterocycles. The molecule has 90 valence electrons. The zero-order chi connectivity index (χ0) is 12.4. The van der Waals surface area contributed by atoms with E-state index in [0.717, 1.165) is 16.7 Å². The van der Waals surface area contributed by atoms with Crippen molar-refractivity contribution in [2.75, 3.05) is 7.11 Å². The zero-order valence-corrected chi connectivity index (χ0v) is 10.1. The highest BCUT2D eigenvalue weighted by atomic mass is 16.5.